The summed E-state index contributed by atoms with van der Waals surface area (Å²) in [4.78, 5) is 26.5. The Morgan fingerprint density at radius 2 is 2.11 bits per heavy atom. The number of ether oxygens (including phenoxy) is 4. The first-order chi connectivity index (χ1) is 17.1. The number of nitrogens with one attached hydrogen (secondary N) is 1. The molecule has 0 aliphatic carbocycles. The average molecular weight is 511 g/mol. The molecule has 0 bridgehead atoms. The summed E-state index contributed by atoms with van der Waals surface area (Å²) < 4.78 is 22.9. The molecule has 35 heavy (non-hydrogen) atoms. The van der Waals surface area contributed by atoms with Gasteiger partial charge in [0, 0.05) is 51.1 Å². The van der Waals surface area contributed by atoms with Crippen molar-refractivity contribution in [1.29, 1.82) is 0 Å². The fraction of sp³-hybridized carbons (Fsp3) is 0.680. The van der Waals surface area contributed by atoms with Crippen LogP contribution in [0.1, 0.15) is 44.1 Å². The minimum absolute atomic E-state index is 0.00185. The Balaban J connectivity index is 1.58. The van der Waals surface area contributed by atoms with Gasteiger partial charge in [0.05, 0.1) is 26.4 Å². The number of hydrogen-bond donors (Lipinski definition) is 2. The largest absolute Gasteiger partial charge is 0.459 e. The summed E-state index contributed by atoms with van der Waals surface area (Å²) in [6.45, 7) is 6.00. The topological polar surface area (TPSA) is 107 Å². The fourth-order valence-corrected chi connectivity index (χ4v) is 5.10. The lowest BCUT2D eigenvalue weighted by Gasteiger charge is -2.36. The Bertz CT molecular complexity index is 802. The summed E-state index contributed by atoms with van der Waals surface area (Å²) in [6.07, 6.45) is 4.27. The van der Waals surface area contributed by atoms with Crippen molar-refractivity contribution in [3.8, 4) is 0 Å². The number of aliphatic hydroxyl groups is 1. The zero-order valence-corrected chi connectivity index (χ0v) is 21.3. The third-order valence-corrected chi connectivity index (χ3v) is 6.83. The molecule has 2 N–H and O–H groups in total. The summed E-state index contributed by atoms with van der Waals surface area (Å²) in [5, 5.41) is 15.8. The Morgan fingerprint density at radius 1 is 1.29 bits per heavy atom. The summed E-state index contributed by atoms with van der Waals surface area (Å²) in [6, 6.07) is 2.07. The van der Waals surface area contributed by atoms with E-state index in [4.69, 9.17) is 24.1 Å². The van der Waals surface area contributed by atoms with Crippen LogP contribution in [0.15, 0.2) is 28.7 Å². The van der Waals surface area contributed by atoms with Gasteiger partial charge in [0.25, 0.3) is 5.91 Å². The standard InChI is InChI=1S/C25H38N2O7S/c1-2-33-25-20(6-12-31-14-15-32-13-11-28)21(19-7-16-35-18-19)17-22(34-25)24(30)26-8-4-10-27-9-3-5-23(27)29/h7,16-18,20-21,25,28H,2-6,8-15H2,1H3,(H,26,30)/t20-,21+,25+/m0/s1. The van der Waals surface area contributed by atoms with Gasteiger partial charge in [-0.05, 0) is 54.7 Å². The first-order valence-corrected chi connectivity index (χ1v) is 13.4. The molecule has 1 fully saturated rings. The van der Waals surface area contributed by atoms with Crippen molar-refractivity contribution in [3.05, 3.63) is 34.2 Å². The molecule has 2 aliphatic heterocycles. The lowest BCUT2D eigenvalue weighted by Crippen LogP contribution is -2.39. The van der Waals surface area contributed by atoms with Gasteiger partial charge in [0.15, 0.2) is 5.76 Å². The number of allylic oxidation sites excluding steroid dienone is 1. The monoisotopic (exact) mass is 510 g/mol. The minimum atomic E-state index is -0.563. The van der Waals surface area contributed by atoms with Crippen LogP contribution in [0.2, 0.25) is 0 Å². The molecular formula is C25H38N2O7S. The van der Waals surface area contributed by atoms with Crippen LogP contribution in [0.3, 0.4) is 0 Å². The molecule has 3 rings (SSSR count). The molecule has 1 aromatic heterocycles. The maximum atomic E-state index is 12.9. The first kappa shape index (κ1) is 27.6. The van der Waals surface area contributed by atoms with Crippen LogP contribution in [0, 0.1) is 5.92 Å². The summed E-state index contributed by atoms with van der Waals surface area (Å²) in [5.74, 6) is 0.148. The van der Waals surface area contributed by atoms with E-state index in [0.717, 1.165) is 18.5 Å². The average Bonchev–Trinajstić information content (AvgIpc) is 3.54. The number of carbonyl (C=O) groups is 2. The normalized spacial score (nSPS) is 22.2. The van der Waals surface area contributed by atoms with Crippen molar-refractivity contribution in [2.75, 3.05) is 59.3 Å². The van der Waals surface area contributed by atoms with Crippen LogP contribution in [-0.2, 0) is 28.5 Å². The predicted octanol–water partition coefficient (Wildman–Crippen LogP) is 2.27. The van der Waals surface area contributed by atoms with Crippen LogP contribution in [-0.4, -0.2) is 87.4 Å². The SMILES string of the molecule is CCO[C@@H]1OC(C(=O)NCCCN2CCCC2=O)=C[C@H](c2ccsc2)[C@@H]1CCOCCOCCO. The number of carbonyl (C=O) groups excluding carboxylic acids is 2. The van der Waals surface area contributed by atoms with E-state index < -0.39 is 6.29 Å². The Morgan fingerprint density at radius 3 is 2.80 bits per heavy atom. The summed E-state index contributed by atoms with van der Waals surface area (Å²) in [7, 11) is 0. The molecule has 1 aromatic rings. The highest BCUT2D eigenvalue weighted by Gasteiger charge is 2.38. The second-order valence-electron chi connectivity index (χ2n) is 8.55. The smallest absolute Gasteiger partial charge is 0.286 e. The van der Waals surface area contributed by atoms with Crippen LogP contribution in [0.4, 0.5) is 0 Å². The van der Waals surface area contributed by atoms with E-state index >= 15 is 0 Å². The molecule has 3 heterocycles. The van der Waals surface area contributed by atoms with Crippen molar-refractivity contribution in [3.63, 3.8) is 0 Å². The van der Waals surface area contributed by atoms with E-state index in [1.807, 2.05) is 23.3 Å². The molecule has 9 nitrogen and oxygen atoms in total. The third-order valence-electron chi connectivity index (χ3n) is 6.13. The van der Waals surface area contributed by atoms with Crippen molar-refractivity contribution in [2.24, 2.45) is 5.92 Å². The molecule has 3 atom stereocenters. The summed E-state index contributed by atoms with van der Waals surface area (Å²) >= 11 is 1.62. The molecule has 196 valence electrons. The van der Waals surface area contributed by atoms with Gasteiger partial charge in [0.1, 0.15) is 0 Å². The number of thiophene rings is 1. The van der Waals surface area contributed by atoms with Crippen molar-refractivity contribution >= 4 is 23.2 Å². The molecule has 2 amide bonds. The summed E-state index contributed by atoms with van der Waals surface area (Å²) in [5.41, 5.74) is 1.12. The van der Waals surface area contributed by atoms with E-state index in [1.165, 1.54) is 0 Å². The molecule has 10 heteroatoms. The molecule has 0 radical (unpaired) electrons. The third kappa shape index (κ3) is 8.57. The van der Waals surface area contributed by atoms with E-state index in [9.17, 15) is 9.59 Å². The van der Waals surface area contributed by atoms with E-state index in [2.05, 4.69) is 16.8 Å². The van der Waals surface area contributed by atoms with Gasteiger partial charge in [-0.25, -0.2) is 0 Å². The van der Waals surface area contributed by atoms with Gasteiger partial charge in [-0.1, -0.05) is 0 Å². The zero-order chi connectivity index (χ0) is 24.9. The Kier molecular flexibility index (Phi) is 12.0. The number of nitrogens with zero attached hydrogens (tertiary/aromatic N) is 1. The lowest BCUT2D eigenvalue weighted by molar-refractivity contribution is -0.168. The molecule has 0 unspecified atom stereocenters. The molecular weight excluding hydrogens is 472 g/mol. The lowest BCUT2D eigenvalue weighted by atomic mass is 9.82. The number of amides is 2. The Hall–Kier alpha value is -1.98. The Labute approximate surface area is 211 Å². The van der Waals surface area contributed by atoms with Gasteiger partial charge >= 0.3 is 0 Å². The van der Waals surface area contributed by atoms with Gasteiger partial charge in [-0.3, -0.25) is 9.59 Å². The quantitative estimate of drug-likeness (QED) is 0.329. The van der Waals surface area contributed by atoms with Gasteiger partial charge < -0.3 is 34.3 Å². The predicted molar refractivity (Wildman–Crippen MR) is 132 cm³/mol. The second kappa shape index (κ2) is 15.2. The fourth-order valence-electron chi connectivity index (χ4n) is 4.39. The molecule has 1 saturated heterocycles. The first-order valence-electron chi connectivity index (χ1n) is 12.5. The molecule has 0 aromatic carbocycles. The van der Waals surface area contributed by atoms with Crippen molar-refractivity contribution in [1.82, 2.24) is 10.2 Å². The van der Waals surface area contributed by atoms with Gasteiger partial charge in [-0.2, -0.15) is 11.3 Å². The molecule has 2 aliphatic rings. The van der Waals surface area contributed by atoms with Crippen LogP contribution in [0.5, 0.6) is 0 Å². The van der Waals surface area contributed by atoms with Crippen LogP contribution >= 0.6 is 11.3 Å². The van der Waals surface area contributed by atoms with Crippen molar-refractivity contribution in [2.45, 2.75) is 44.8 Å². The van der Waals surface area contributed by atoms with Gasteiger partial charge in [0.2, 0.25) is 12.2 Å². The highest BCUT2D eigenvalue weighted by atomic mass is 32.1. The number of rotatable bonds is 16. The highest BCUT2D eigenvalue weighted by molar-refractivity contribution is 7.08. The zero-order valence-electron chi connectivity index (χ0n) is 20.5. The second-order valence-corrected chi connectivity index (χ2v) is 9.33. The van der Waals surface area contributed by atoms with Crippen LogP contribution in [0.25, 0.3) is 0 Å². The van der Waals surface area contributed by atoms with Gasteiger partial charge in [-0.15, -0.1) is 0 Å². The van der Waals surface area contributed by atoms with Crippen LogP contribution < -0.4 is 5.32 Å². The number of aliphatic hydroxyl groups excluding tert-OH is 1. The van der Waals surface area contributed by atoms with Crippen molar-refractivity contribution < 1.29 is 33.6 Å². The highest BCUT2D eigenvalue weighted by Crippen LogP contribution is 2.39. The maximum Gasteiger partial charge on any atom is 0.286 e. The molecule has 0 saturated carbocycles. The minimum Gasteiger partial charge on any atom is -0.459 e. The van der Waals surface area contributed by atoms with E-state index in [-0.39, 0.29) is 36.0 Å². The van der Waals surface area contributed by atoms with E-state index in [0.29, 0.717) is 65.4 Å². The number of hydrogen-bond acceptors (Lipinski definition) is 8. The number of likely N-dealkylation sites (tertiary alicyclic amines) is 1. The maximum absolute atomic E-state index is 12.9. The molecule has 0 spiro atoms. The van der Waals surface area contributed by atoms with E-state index in [1.54, 1.807) is 11.3 Å².